The lowest BCUT2D eigenvalue weighted by molar-refractivity contribution is 0.252. The fourth-order valence-electron chi connectivity index (χ4n) is 2.64. The van der Waals surface area contributed by atoms with E-state index in [1.165, 1.54) is 36.1 Å². The first kappa shape index (κ1) is 18.2. The highest BCUT2D eigenvalue weighted by Crippen LogP contribution is 2.19. The number of hydrogen-bond donors (Lipinski definition) is 1. The molecule has 1 rings (SSSR count). The minimum Gasteiger partial charge on any atom is -0.309 e. The van der Waals surface area contributed by atoms with Gasteiger partial charge in [0.1, 0.15) is 0 Å². The third-order valence-electron chi connectivity index (χ3n) is 4.39. The van der Waals surface area contributed by atoms with Gasteiger partial charge >= 0.3 is 0 Å². The van der Waals surface area contributed by atoms with Gasteiger partial charge in [0.15, 0.2) is 0 Å². The summed E-state index contributed by atoms with van der Waals surface area (Å²) in [6.07, 6.45) is 2.43. The molecule has 2 heteroatoms. The Morgan fingerprint density at radius 1 is 1.10 bits per heavy atom. The molecule has 1 N–H and O–H groups in total. The summed E-state index contributed by atoms with van der Waals surface area (Å²) in [6.45, 7) is 14.6. The largest absolute Gasteiger partial charge is 0.309 e. The topological polar surface area (TPSA) is 15.3 Å². The molecule has 0 aromatic heterocycles. The normalized spacial score (nSPS) is 14.4. The van der Waals surface area contributed by atoms with Crippen LogP contribution in [-0.4, -0.2) is 31.6 Å². The Hall–Kier alpha value is -0.860. The molecule has 0 saturated carbocycles. The highest BCUT2D eigenvalue weighted by Gasteiger charge is 2.15. The molecule has 21 heavy (non-hydrogen) atoms. The van der Waals surface area contributed by atoms with E-state index in [0.717, 1.165) is 19.0 Å². The molecule has 0 saturated heterocycles. The molecule has 0 radical (unpaired) electrons. The minimum atomic E-state index is 0.429. The van der Waals surface area contributed by atoms with E-state index in [-0.39, 0.29) is 0 Å². The molecule has 0 heterocycles. The van der Waals surface area contributed by atoms with Crippen molar-refractivity contribution in [3.63, 3.8) is 0 Å². The predicted octanol–water partition coefficient (Wildman–Crippen LogP) is 4.32. The second-order valence-electron chi connectivity index (χ2n) is 6.59. The van der Waals surface area contributed by atoms with Crippen molar-refractivity contribution in [2.24, 2.45) is 5.92 Å². The number of nitrogens with zero attached hydrogens (tertiary/aromatic N) is 1. The Kier molecular flexibility index (Phi) is 7.98. The zero-order valence-corrected chi connectivity index (χ0v) is 14.9. The van der Waals surface area contributed by atoms with Gasteiger partial charge in [0.2, 0.25) is 0 Å². The van der Waals surface area contributed by atoms with E-state index in [2.05, 4.69) is 70.1 Å². The molecule has 0 amide bonds. The Labute approximate surface area is 131 Å². The van der Waals surface area contributed by atoms with Gasteiger partial charge in [-0.05, 0) is 56.5 Å². The van der Waals surface area contributed by atoms with Crippen molar-refractivity contribution >= 4 is 0 Å². The first-order chi connectivity index (χ1) is 9.97. The Morgan fingerprint density at radius 2 is 1.81 bits per heavy atom. The summed E-state index contributed by atoms with van der Waals surface area (Å²) in [5.74, 6) is 0.765. The number of hydrogen-bond acceptors (Lipinski definition) is 2. The highest BCUT2D eigenvalue weighted by molar-refractivity contribution is 5.31. The molecule has 0 fully saturated rings. The van der Waals surface area contributed by atoms with Crippen LogP contribution in [0.25, 0.3) is 0 Å². The van der Waals surface area contributed by atoms with Crippen LogP contribution < -0.4 is 5.32 Å². The van der Waals surface area contributed by atoms with Gasteiger partial charge in [-0.1, -0.05) is 45.4 Å². The second-order valence-corrected chi connectivity index (χ2v) is 6.59. The van der Waals surface area contributed by atoms with Crippen LogP contribution in [0.2, 0.25) is 0 Å². The van der Waals surface area contributed by atoms with E-state index in [1.807, 2.05) is 0 Å². The van der Waals surface area contributed by atoms with Crippen molar-refractivity contribution in [2.75, 3.05) is 26.7 Å². The molecule has 120 valence electrons. The third kappa shape index (κ3) is 6.19. The van der Waals surface area contributed by atoms with Crippen molar-refractivity contribution < 1.29 is 0 Å². The molecule has 1 aromatic carbocycles. The van der Waals surface area contributed by atoms with Gasteiger partial charge in [-0.25, -0.2) is 0 Å². The van der Waals surface area contributed by atoms with Crippen molar-refractivity contribution in [1.82, 2.24) is 10.2 Å². The second kappa shape index (κ2) is 9.22. The van der Waals surface area contributed by atoms with Crippen LogP contribution >= 0.6 is 0 Å². The molecule has 0 aliphatic heterocycles. The number of likely N-dealkylation sites (N-methyl/N-ethyl adjacent to an activating group) is 1. The molecular weight excluding hydrogens is 256 g/mol. The summed E-state index contributed by atoms with van der Waals surface area (Å²) in [4.78, 5) is 2.47. The summed E-state index contributed by atoms with van der Waals surface area (Å²) < 4.78 is 0. The minimum absolute atomic E-state index is 0.429. The molecule has 0 aliphatic rings. The molecule has 2 nitrogen and oxygen atoms in total. The van der Waals surface area contributed by atoms with Crippen LogP contribution in [0.1, 0.15) is 56.3 Å². The van der Waals surface area contributed by atoms with E-state index in [9.17, 15) is 0 Å². The lowest BCUT2D eigenvalue weighted by atomic mass is 10.00. The summed E-state index contributed by atoms with van der Waals surface area (Å²) in [6, 6.07) is 7.31. The lowest BCUT2D eigenvalue weighted by Gasteiger charge is -2.27. The van der Waals surface area contributed by atoms with Crippen molar-refractivity contribution in [2.45, 2.75) is 53.5 Å². The summed E-state index contributed by atoms with van der Waals surface area (Å²) >= 11 is 0. The first-order valence-corrected chi connectivity index (χ1v) is 8.46. The first-order valence-electron chi connectivity index (χ1n) is 8.46. The monoisotopic (exact) mass is 290 g/mol. The maximum atomic E-state index is 3.71. The maximum absolute atomic E-state index is 3.71. The van der Waals surface area contributed by atoms with Crippen LogP contribution in [0.15, 0.2) is 18.2 Å². The fourth-order valence-corrected chi connectivity index (χ4v) is 2.64. The van der Waals surface area contributed by atoms with Gasteiger partial charge in [-0.2, -0.15) is 0 Å². The van der Waals surface area contributed by atoms with Crippen molar-refractivity contribution in [3.05, 3.63) is 34.9 Å². The zero-order valence-electron chi connectivity index (χ0n) is 14.9. The highest BCUT2D eigenvalue weighted by atomic mass is 15.1. The Balaban J connectivity index is 2.76. The number of nitrogens with one attached hydrogen (secondary N) is 1. The van der Waals surface area contributed by atoms with E-state index < -0.39 is 0 Å². The fraction of sp³-hybridized carbons (Fsp3) is 0.684. The van der Waals surface area contributed by atoms with Crippen LogP contribution in [0.4, 0.5) is 0 Å². The molecule has 1 aromatic rings. The zero-order chi connectivity index (χ0) is 15.8. The molecule has 2 unspecified atom stereocenters. The van der Waals surface area contributed by atoms with E-state index in [0.29, 0.717) is 6.04 Å². The van der Waals surface area contributed by atoms with E-state index >= 15 is 0 Å². The standard InChI is InChI=1S/C19H34N2/c1-7-11-20-19(14-21(6)13-15(3)8-2)18-10-9-16(4)17(5)12-18/h9-10,12,15,19-20H,7-8,11,13-14H2,1-6H3. The number of rotatable bonds is 9. The van der Waals surface area contributed by atoms with Gasteiger partial charge in [-0.15, -0.1) is 0 Å². The molecule has 0 bridgehead atoms. The number of aryl methyl sites for hydroxylation is 2. The molecular formula is C19H34N2. The molecule has 2 atom stereocenters. The van der Waals surface area contributed by atoms with Gasteiger partial charge < -0.3 is 10.2 Å². The van der Waals surface area contributed by atoms with Crippen LogP contribution in [-0.2, 0) is 0 Å². The molecule has 0 aliphatic carbocycles. The smallest absolute Gasteiger partial charge is 0.0449 e. The molecule has 0 spiro atoms. The van der Waals surface area contributed by atoms with E-state index in [4.69, 9.17) is 0 Å². The quantitative estimate of drug-likeness (QED) is 0.728. The van der Waals surface area contributed by atoms with Crippen molar-refractivity contribution in [3.8, 4) is 0 Å². The average molecular weight is 290 g/mol. The summed E-state index contributed by atoms with van der Waals surface area (Å²) in [7, 11) is 2.24. The SMILES string of the molecule is CCCNC(CN(C)CC(C)CC)c1ccc(C)c(C)c1. The Bertz CT molecular complexity index is 414. The van der Waals surface area contributed by atoms with Gasteiger partial charge in [0.25, 0.3) is 0 Å². The van der Waals surface area contributed by atoms with Crippen LogP contribution in [0, 0.1) is 19.8 Å². The summed E-state index contributed by atoms with van der Waals surface area (Å²) in [5.41, 5.74) is 4.18. The van der Waals surface area contributed by atoms with Gasteiger partial charge in [0, 0.05) is 19.1 Å². The van der Waals surface area contributed by atoms with Crippen molar-refractivity contribution in [1.29, 1.82) is 0 Å². The van der Waals surface area contributed by atoms with Crippen LogP contribution in [0.5, 0.6) is 0 Å². The van der Waals surface area contributed by atoms with Gasteiger partial charge in [-0.3, -0.25) is 0 Å². The van der Waals surface area contributed by atoms with Crippen LogP contribution in [0.3, 0.4) is 0 Å². The Morgan fingerprint density at radius 3 is 2.38 bits per heavy atom. The lowest BCUT2D eigenvalue weighted by Crippen LogP contribution is -2.35. The predicted molar refractivity (Wildman–Crippen MR) is 93.9 cm³/mol. The maximum Gasteiger partial charge on any atom is 0.0449 e. The average Bonchev–Trinajstić information content (AvgIpc) is 2.46. The van der Waals surface area contributed by atoms with Gasteiger partial charge in [0.05, 0.1) is 0 Å². The third-order valence-corrected chi connectivity index (χ3v) is 4.39. The summed E-state index contributed by atoms with van der Waals surface area (Å²) in [5, 5.41) is 3.71. The number of benzene rings is 1. The van der Waals surface area contributed by atoms with E-state index in [1.54, 1.807) is 0 Å².